The molecule has 0 aromatic heterocycles. The molecule has 0 saturated carbocycles. The van der Waals surface area contributed by atoms with Crippen LogP contribution in [0, 0.1) is 31.1 Å². The van der Waals surface area contributed by atoms with Gasteiger partial charge in [0.1, 0.15) is 0 Å². The van der Waals surface area contributed by atoms with Gasteiger partial charge in [-0.1, -0.05) is 24.3 Å². The first-order chi connectivity index (χ1) is 8.93. The monoisotopic (exact) mass is 537 g/mol. The van der Waals surface area contributed by atoms with Crippen molar-refractivity contribution < 1.29 is 59.1 Å². The summed E-state index contributed by atoms with van der Waals surface area (Å²) in [4.78, 5) is 0. The van der Waals surface area contributed by atoms with Gasteiger partial charge in [0.05, 0.1) is 24.4 Å². The quantitative estimate of drug-likeness (QED) is 0.348. The number of fused-ring (bicyclic) bond motifs is 2. The first kappa shape index (κ1) is 19.1. The van der Waals surface area contributed by atoms with Crippen LogP contribution in [-0.4, -0.2) is 24.4 Å². The van der Waals surface area contributed by atoms with E-state index < -0.39 is 0 Å². The second-order valence-corrected chi connectivity index (χ2v) is 5.68. The summed E-state index contributed by atoms with van der Waals surface area (Å²) in [5.74, 6) is 0. The summed E-state index contributed by atoms with van der Waals surface area (Å²) >= 11 is 0. The van der Waals surface area contributed by atoms with Crippen molar-refractivity contribution in [1.82, 2.24) is 0 Å². The molecule has 1 radical (unpaired) electrons. The maximum Gasteiger partial charge on any atom is 0.0845 e. The summed E-state index contributed by atoms with van der Waals surface area (Å²) in [6.07, 6.45) is 21.5. The minimum absolute atomic E-state index is 0. The predicted octanol–water partition coefficient (Wildman–Crippen LogP) is 3.77. The molecule has 2 aliphatic heterocycles. The van der Waals surface area contributed by atoms with Crippen molar-refractivity contribution in [3.05, 3.63) is 24.3 Å². The Kier molecular flexibility index (Phi) is 9.48. The van der Waals surface area contributed by atoms with Gasteiger partial charge in [-0.3, -0.25) is 0 Å². The minimum Gasteiger partial charge on any atom is -0.370 e. The minimum atomic E-state index is 0. The number of ether oxygens (including phenoxy) is 2. The van der Waals surface area contributed by atoms with Crippen LogP contribution >= 0.6 is 0 Å². The zero-order valence-corrected chi connectivity index (χ0v) is 17.6. The van der Waals surface area contributed by atoms with Gasteiger partial charge in [-0.05, 0) is 51.4 Å². The fourth-order valence-corrected chi connectivity index (χ4v) is 2.89. The molecule has 109 valence electrons. The average molecular weight is 537 g/mol. The molecule has 20 heavy (non-hydrogen) atoms. The van der Waals surface area contributed by atoms with Crippen molar-refractivity contribution in [1.29, 1.82) is 0 Å². The molecule has 0 bridgehead atoms. The van der Waals surface area contributed by atoms with E-state index in [-0.39, 0.29) is 49.7 Å². The molecule has 2 nitrogen and oxygen atoms in total. The second-order valence-electron chi connectivity index (χ2n) is 5.68. The third kappa shape index (κ3) is 6.43. The maximum absolute atomic E-state index is 5.40. The Labute approximate surface area is 158 Å². The SMILES string of the molecule is C1=CCCC2OC2CC1.C1=CCCC2OC2CC1.[U].[V]. The van der Waals surface area contributed by atoms with Gasteiger partial charge in [-0.2, -0.15) is 0 Å². The van der Waals surface area contributed by atoms with Crippen molar-refractivity contribution in [2.75, 3.05) is 0 Å². The zero-order chi connectivity index (χ0) is 12.2. The Bertz CT molecular complexity index is 272. The van der Waals surface area contributed by atoms with Gasteiger partial charge in [-0.25, -0.2) is 0 Å². The Morgan fingerprint density at radius 3 is 1.05 bits per heavy atom. The number of hydrogen-bond donors (Lipinski definition) is 0. The smallest absolute Gasteiger partial charge is 0.0845 e. The molecule has 0 N–H and O–H groups in total. The summed E-state index contributed by atoms with van der Waals surface area (Å²) in [5, 5.41) is 0. The van der Waals surface area contributed by atoms with E-state index in [9.17, 15) is 0 Å². The van der Waals surface area contributed by atoms with E-state index in [2.05, 4.69) is 24.3 Å². The molecule has 4 heteroatoms. The maximum atomic E-state index is 5.40. The molecule has 0 spiro atoms. The van der Waals surface area contributed by atoms with Crippen LogP contribution in [0.4, 0.5) is 0 Å². The van der Waals surface area contributed by atoms with Crippen molar-refractivity contribution in [3.8, 4) is 0 Å². The van der Waals surface area contributed by atoms with Crippen LogP contribution in [0.15, 0.2) is 24.3 Å². The molecule has 0 aromatic rings. The van der Waals surface area contributed by atoms with Crippen molar-refractivity contribution >= 4 is 0 Å². The number of rotatable bonds is 0. The van der Waals surface area contributed by atoms with E-state index in [1.807, 2.05) is 0 Å². The molecule has 2 heterocycles. The Morgan fingerprint density at radius 2 is 0.800 bits per heavy atom. The van der Waals surface area contributed by atoms with Crippen molar-refractivity contribution in [2.24, 2.45) is 0 Å². The van der Waals surface area contributed by atoms with Gasteiger partial charge in [0.25, 0.3) is 0 Å². The number of hydrogen-bond acceptors (Lipinski definition) is 2. The summed E-state index contributed by atoms with van der Waals surface area (Å²) in [7, 11) is 0. The zero-order valence-electron chi connectivity index (χ0n) is 12.0. The fraction of sp³-hybridized carbons (Fsp3) is 0.750. The average Bonchev–Trinajstić information content (AvgIpc) is 3.19. The first-order valence-electron chi connectivity index (χ1n) is 7.54. The molecular weight excluding hydrogens is 513 g/mol. The third-order valence-corrected chi connectivity index (χ3v) is 4.18. The van der Waals surface area contributed by atoms with Gasteiger partial charge in [-0.15, -0.1) is 0 Å². The van der Waals surface area contributed by atoms with Gasteiger partial charge in [0, 0.05) is 49.7 Å². The Morgan fingerprint density at radius 1 is 0.550 bits per heavy atom. The van der Waals surface area contributed by atoms with Crippen LogP contribution in [0.1, 0.15) is 51.4 Å². The number of epoxide rings is 2. The van der Waals surface area contributed by atoms with Crippen molar-refractivity contribution in [2.45, 2.75) is 75.8 Å². The van der Waals surface area contributed by atoms with Gasteiger partial charge < -0.3 is 9.47 Å². The molecule has 2 saturated heterocycles. The summed E-state index contributed by atoms with van der Waals surface area (Å²) in [6.45, 7) is 0. The summed E-state index contributed by atoms with van der Waals surface area (Å²) in [5.41, 5.74) is 0. The van der Waals surface area contributed by atoms with Gasteiger partial charge >= 0.3 is 0 Å². The van der Waals surface area contributed by atoms with Crippen LogP contribution in [0.3, 0.4) is 0 Å². The molecule has 2 fully saturated rings. The predicted molar refractivity (Wildman–Crippen MR) is 72.5 cm³/mol. The Hall–Kier alpha value is 1.04. The van der Waals surface area contributed by atoms with Crippen LogP contribution in [0.2, 0.25) is 0 Å². The molecule has 2 aliphatic carbocycles. The molecule has 4 rings (SSSR count). The molecule has 0 aromatic carbocycles. The second kappa shape index (κ2) is 9.93. The van der Waals surface area contributed by atoms with E-state index in [1.54, 1.807) is 0 Å². The van der Waals surface area contributed by atoms with E-state index in [0.717, 1.165) is 0 Å². The normalized spacial score (nSPS) is 36.8. The number of allylic oxidation sites excluding steroid dienone is 4. The standard InChI is InChI=1S/2C8H12O.U.V/c2*1-2-4-6-8-7(9-8)5-3-1;;/h2*1-2,7-8H,3-6H2;;. The Balaban J connectivity index is 0.000000182. The van der Waals surface area contributed by atoms with E-state index >= 15 is 0 Å². The van der Waals surface area contributed by atoms with Crippen LogP contribution in [0.25, 0.3) is 0 Å². The van der Waals surface area contributed by atoms with Gasteiger partial charge in [0.15, 0.2) is 0 Å². The van der Waals surface area contributed by atoms with Crippen LogP contribution in [0.5, 0.6) is 0 Å². The van der Waals surface area contributed by atoms with Gasteiger partial charge in [0.2, 0.25) is 0 Å². The van der Waals surface area contributed by atoms with Crippen molar-refractivity contribution in [3.63, 3.8) is 0 Å². The van der Waals surface area contributed by atoms with E-state index in [0.29, 0.717) is 24.4 Å². The largest absolute Gasteiger partial charge is 0.370 e. The third-order valence-electron chi connectivity index (χ3n) is 4.18. The summed E-state index contributed by atoms with van der Waals surface area (Å²) < 4.78 is 10.8. The first-order valence-corrected chi connectivity index (χ1v) is 7.54. The molecule has 0 amide bonds. The molecule has 4 unspecified atom stereocenters. The van der Waals surface area contributed by atoms with E-state index in [1.165, 1.54) is 51.4 Å². The topological polar surface area (TPSA) is 25.1 Å². The fourth-order valence-electron chi connectivity index (χ4n) is 2.89. The summed E-state index contributed by atoms with van der Waals surface area (Å²) in [6, 6.07) is 0. The molecule has 4 atom stereocenters. The van der Waals surface area contributed by atoms with E-state index in [4.69, 9.17) is 9.47 Å². The molecule has 4 aliphatic rings. The van der Waals surface area contributed by atoms with Crippen LogP contribution in [-0.2, 0) is 28.0 Å². The molecular formula is C16H24O2UV. The van der Waals surface area contributed by atoms with Crippen LogP contribution < -0.4 is 0 Å².